The summed E-state index contributed by atoms with van der Waals surface area (Å²) in [5, 5.41) is 5.28. The summed E-state index contributed by atoms with van der Waals surface area (Å²) in [5.41, 5.74) is 0. The summed E-state index contributed by atoms with van der Waals surface area (Å²) in [6.07, 6.45) is 4.50. The zero-order valence-corrected chi connectivity index (χ0v) is 13.3. The van der Waals surface area contributed by atoms with Gasteiger partial charge in [0.1, 0.15) is 0 Å². The molecule has 2 aliphatic heterocycles. The molecule has 7 nitrogen and oxygen atoms in total. The van der Waals surface area contributed by atoms with Crippen LogP contribution in [0.15, 0.2) is 0 Å². The second-order valence-electron chi connectivity index (χ2n) is 6.22. The fourth-order valence-electron chi connectivity index (χ4n) is 2.85. The Hall–Kier alpha value is -0.250. The number of rotatable bonds is 6. The van der Waals surface area contributed by atoms with Gasteiger partial charge in [-0.05, 0) is 38.1 Å². The van der Waals surface area contributed by atoms with Gasteiger partial charge < -0.3 is 10.1 Å². The van der Waals surface area contributed by atoms with Crippen LogP contribution in [0.3, 0.4) is 0 Å². The Bertz CT molecular complexity index is 427. The van der Waals surface area contributed by atoms with Crippen molar-refractivity contribution < 1.29 is 13.2 Å². The molecule has 8 heteroatoms. The van der Waals surface area contributed by atoms with Crippen LogP contribution in [0.2, 0.25) is 0 Å². The van der Waals surface area contributed by atoms with Crippen LogP contribution in [-0.4, -0.2) is 69.7 Å². The summed E-state index contributed by atoms with van der Waals surface area (Å²) in [6.45, 7) is 4.67. The summed E-state index contributed by atoms with van der Waals surface area (Å²) in [5.74, 6) is 0.612. The number of hydrogen-bond donors (Lipinski definition) is 2. The van der Waals surface area contributed by atoms with Gasteiger partial charge in [-0.15, -0.1) is 4.83 Å². The highest BCUT2D eigenvalue weighted by atomic mass is 32.2. The van der Waals surface area contributed by atoms with E-state index in [0.29, 0.717) is 45.3 Å². The van der Waals surface area contributed by atoms with Gasteiger partial charge in [-0.3, -0.25) is 0 Å². The van der Waals surface area contributed by atoms with E-state index >= 15 is 0 Å². The molecule has 0 bridgehead atoms. The molecule has 0 amide bonds. The van der Waals surface area contributed by atoms with Crippen LogP contribution in [0.1, 0.15) is 25.7 Å². The smallest absolute Gasteiger partial charge is 0.292 e. The Morgan fingerprint density at radius 2 is 1.67 bits per heavy atom. The predicted octanol–water partition coefficient (Wildman–Crippen LogP) is -0.468. The summed E-state index contributed by atoms with van der Waals surface area (Å²) >= 11 is 0. The van der Waals surface area contributed by atoms with Gasteiger partial charge in [-0.2, -0.15) is 12.7 Å². The Morgan fingerprint density at radius 1 is 1.00 bits per heavy atom. The zero-order chi connectivity index (χ0) is 14.7. The maximum Gasteiger partial charge on any atom is 0.292 e. The van der Waals surface area contributed by atoms with Crippen molar-refractivity contribution >= 4 is 10.2 Å². The maximum atomic E-state index is 12.4. The molecule has 0 radical (unpaired) electrons. The number of hydrogen-bond acceptors (Lipinski definition) is 5. The lowest BCUT2D eigenvalue weighted by atomic mass is 9.98. The van der Waals surface area contributed by atoms with E-state index in [1.807, 2.05) is 0 Å². The molecule has 3 fully saturated rings. The number of ether oxygens (including phenoxy) is 1. The van der Waals surface area contributed by atoms with E-state index in [1.54, 1.807) is 9.31 Å². The van der Waals surface area contributed by atoms with E-state index in [1.165, 1.54) is 12.8 Å². The molecule has 0 aromatic rings. The first-order valence-corrected chi connectivity index (χ1v) is 9.41. The van der Waals surface area contributed by atoms with E-state index in [9.17, 15) is 8.42 Å². The molecule has 2 saturated heterocycles. The van der Waals surface area contributed by atoms with Gasteiger partial charge in [-0.25, -0.2) is 5.01 Å². The van der Waals surface area contributed by atoms with Gasteiger partial charge in [-0.1, -0.05) is 0 Å². The van der Waals surface area contributed by atoms with Crippen LogP contribution in [0.25, 0.3) is 0 Å². The minimum Gasteiger partial charge on any atom is -0.379 e. The lowest BCUT2D eigenvalue weighted by Crippen LogP contribution is -2.54. The number of hydrazine groups is 1. The fraction of sp³-hybridized carbons (Fsp3) is 1.00. The van der Waals surface area contributed by atoms with Crippen LogP contribution in [0.4, 0.5) is 0 Å². The second-order valence-corrected chi connectivity index (χ2v) is 7.87. The molecule has 21 heavy (non-hydrogen) atoms. The molecule has 0 unspecified atom stereocenters. The maximum absolute atomic E-state index is 12.4. The van der Waals surface area contributed by atoms with Crippen LogP contribution >= 0.6 is 0 Å². The predicted molar refractivity (Wildman–Crippen MR) is 79.8 cm³/mol. The first-order valence-electron chi connectivity index (χ1n) is 7.97. The molecular formula is C13H26N4O3S. The van der Waals surface area contributed by atoms with E-state index in [-0.39, 0.29) is 0 Å². The van der Waals surface area contributed by atoms with Crippen molar-refractivity contribution in [2.75, 3.05) is 45.9 Å². The number of piperidine rings is 1. The van der Waals surface area contributed by atoms with Gasteiger partial charge in [0.15, 0.2) is 0 Å². The van der Waals surface area contributed by atoms with Crippen LogP contribution < -0.4 is 10.1 Å². The van der Waals surface area contributed by atoms with Crippen LogP contribution in [0.5, 0.6) is 0 Å². The van der Waals surface area contributed by atoms with E-state index in [2.05, 4.69) is 10.1 Å². The summed E-state index contributed by atoms with van der Waals surface area (Å²) < 4.78 is 31.5. The molecule has 1 aliphatic carbocycles. The molecule has 3 aliphatic rings. The summed E-state index contributed by atoms with van der Waals surface area (Å²) in [6, 6.07) is 0.731. The van der Waals surface area contributed by atoms with Crippen molar-refractivity contribution in [3.05, 3.63) is 0 Å². The Morgan fingerprint density at radius 3 is 2.29 bits per heavy atom. The SMILES string of the molecule is O=S(=O)(NN1CCOCC1)N1CCC(CNC2CC2)CC1. The van der Waals surface area contributed by atoms with Crippen molar-refractivity contribution in [3.8, 4) is 0 Å². The third-order valence-corrected chi connectivity index (χ3v) is 5.98. The third-order valence-electron chi connectivity index (χ3n) is 4.44. The minimum atomic E-state index is -3.39. The lowest BCUT2D eigenvalue weighted by Gasteiger charge is -2.34. The molecule has 122 valence electrons. The van der Waals surface area contributed by atoms with Crippen LogP contribution in [-0.2, 0) is 14.9 Å². The average molecular weight is 318 g/mol. The molecule has 0 aromatic heterocycles. The highest BCUT2D eigenvalue weighted by molar-refractivity contribution is 7.87. The molecule has 2 N–H and O–H groups in total. The molecule has 0 atom stereocenters. The van der Waals surface area contributed by atoms with Gasteiger partial charge in [0.2, 0.25) is 0 Å². The summed E-state index contributed by atoms with van der Waals surface area (Å²) in [4.78, 5) is 2.68. The van der Waals surface area contributed by atoms with Crippen molar-refractivity contribution in [3.63, 3.8) is 0 Å². The molecule has 2 heterocycles. The Balaban J connectivity index is 1.43. The van der Waals surface area contributed by atoms with E-state index < -0.39 is 10.2 Å². The third kappa shape index (κ3) is 4.61. The first kappa shape index (κ1) is 15.6. The van der Waals surface area contributed by atoms with Gasteiger partial charge in [0, 0.05) is 32.2 Å². The van der Waals surface area contributed by atoms with Crippen molar-refractivity contribution in [1.82, 2.24) is 19.5 Å². The van der Waals surface area contributed by atoms with Gasteiger partial charge in [0.05, 0.1) is 13.2 Å². The van der Waals surface area contributed by atoms with E-state index in [4.69, 9.17) is 4.74 Å². The zero-order valence-electron chi connectivity index (χ0n) is 12.5. The minimum absolute atomic E-state index is 0.581. The molecular weight excluding hydrogens is 292 g/mol. The van der Waals surface area contributed by atoms with E-state index in [0.717, 1.165) is 25.4 Å². The number of nitrogens with zero attached hydrogens (tertiary/aromatic N) is 2. The molecule has 3 rings (SSSR count). The second kappa shape index (κ2) is 6.89. The van der Waals surface area contributed by atoms with Crippen molar-refractivity contribution in [2.45, 2.75) is 31.7 Å². The number of morpholine rings is 1. The highest BCUT2D eigenvalue weighted by Crippen LogP contribution is 2.22. The Labute approximate surface area is 127 Å². The normalized spacial score (nSPS) is 27.0. The molecule has 0 spiro atoms. The molecule has 0 aromatic carbocycles. The van der Waals surface area contributed by atoms with Crippen LogP contribution in [0, 0.1) is 5.92 Å². The summed E-state index contributed by atoms with van der Waals surface area (Å²) in [7, 11) is -3.39. The first-order chi connectivity index (χ1) is 10.1. The topological polar surface area (TPSA) is 73.9 Å². The highest BCUT2D eigenvalue weighted by Gasteiger charge is 2.30. The lowest BCUT2D eigenvalue weighted by molar-refractivity contribution is 0.0259. The van der Waals surface area contributed by atoms with Crippen molar-refractivity contribution in [1.29, 1.82) is 0 Å². The standard InChI is InChI=1S/C13H26N4O3S/c18-21(19,15-16-7-9-20-10-8-16)17-5-3-12(4-6-17)11-14-13-1-2-13/h12-15H,1-11H2. The largest absolute Gasteiger partial charge is 0.379 e. The fourth-order valence-corrected chi connectivity index (χ4v) is 4.17. The average Bonchev–Trinajstić information content (AvgIpc) is 3.30. The quantitative estimate of drug-likeness (QED) is 0.693. The number of nitrogens with one attached hydrogen (secondary N) is 2. The molecule has 1 saturated carbocycles. The Kier molecular flexibility index (Phi) is 5.13. The monoisotopic (exact) mass is 318 g/mol. The van der Waals surface area contributed by atoms with Gasteiger partial charge in [0.25, 0.3) is 10.2 Å². The van der Waals surface area contributed by atoms with Crippen molar-refractivity contribution in [2.24, 2.45) is 5.92 Å². The van der Waals surface area contributed by atoms with Gasteiger partial charge >= 0.3 is 0 Å².